The predicted octanol–water partition coefficient (Wildman–Crippen LogP) is 4.65. The van der Waals surface area contributed by atoms with Crippen LogP contribution in [0.4, 0.5) is 4.39 Å². The average Bonchev–Trinajstić information content (AvgIpc) is 2.50. The van der Waals surface area contributed by atoms with Crippen LogP contribution in [0, 0.1) is 5.82 Å². The van der Waals surface area contributed by atoms with Gasteiger partial charge in [-0.25, -0.2) is 17.5 Å². The van der Waals surface area contributed by atoms with Crippen LogP contribution in [-0.2, 0) is 10.0 Å². The smallest absolute Gasteiger partial charge is 0.207 e. The standard InChI is InChI=1S/C15H12Cl2FNO2S2/c16-10-4-2-6-13(14(10)17)23(20,21)19-12-7-8-22-15-9(12)3-1-5-11(15)18/h1-6,12,19H,7-8H2/t12-/m0/s1. The van der Waals surface area contributed by atoms with Crippen molar-refractivity contribution in [2.24, 2.45) is 0 Å². The molecule has 1 heterocycles. The molecule has 0 amide bonds. The molecule has 0 aliphatic carbocycles. The van der Waals surface area contributed by atoms with Gasteiger partial charge in [-0.2, -0.15) is 0 Å². The number of hydrogen-bond acceptors (Lipinski definition) is 3. The first-order valence-corrected chi connectivity index (χ1v) is 10.00. The van der Waals surface area contributed by atoms with Gasteiger partial charge in [0.05, 0.1) is 10.0 Å². The molecule has 2 aromatic carbocycles. The lowest BCUT2D eigenvalue weighted by molar-refractivity contribution is 0.533. The van der Waals surface area contributed by atoms with E-state index in [9.17, 15) is 12.8 Å². The van der Waals surface area contributed by atoms with Crippen LogP contribution in [0.1, 0.15) is 18.0 Å². The third kappa shape index (κ3) is 3.37. The summed E-state index contributed by atoms with van der Waals surface area (Å²) in [6, 6.07) is 8.61. The van der Waals surface area contributed by atoms with Gasteiger partial charge >= 0.3 is 0 Å². The Labute approximate surface area is 148 Å². The van der Waals surface area contributed by atoms with Gasteiger partial charge < -0.3 is 0 Å². The molecule has 1 aliphatic rings. The highest BCUT2D eigenvalue weighted by molar-refractivity contribution is 7.99. The van der Waals surface area contributed by atoms with Crippen LogP contribution in [0.15, 0.2) is 46.2 Å². The van der Waals surface area contributed by atoms with Gasteiger partial charge in [-0.3, -0.25) is 0 Å². The van der Waals surface area contributed by atoms with E-state index in [0.717, 1.165) is 0 Å². The van der Waals surface area contributed by atoms with Crippen molar-refractivity contribution in [2.75, 3.05) is 5.75 Å². The van der Waals surface area contributed by atoms with Crippen molar-refractivity contribution in [3.05, 3.63) is 57.8 Å². The Balaban J connectivity index is 1.97. The monoisotopic (exact) mass is 391 g/mol. The van der Waals surface area contributed by atoms with Crippen molar-refractivity contribution < 1.29 is 12.8 Å². The summed E-state index contributed by atoms with van der Waals surface area (Å²) in [5.74, 6) is 0.293. The maximum Gasteiger partial charge on any atom is 0.242 e. The lowest BCUT2D eigenvalue weighted by atomic mass is 10.0. The SMILES string of the molecule is O=S(=O)(N[C@H]1CCSc2c(F)cccc21)c1cccc(Cl)c1Cl. The Kier molecular flexibility index (Phi) is 4.90. The van der Waals surface area contributed by atoms with Gasteiger partial charge in [-0.15, -0.1) is 11.8 Å². The molecular weight excluding hydrogens is 380 g/mol. The van der Waals surface area contributed by atoms with Crippen molar-refractivity contribution in [1.82, 2.24) is 4.72 Å². The molecule has 3 nitrogen and oxygen atoms in total. The molecular formula is C15H12Cl2FNO2S2. The number of rotatable bonds is 3. The van der Waals surface area contributed by atoms with Crippen molar-refractivity contribution in [2.45, 2.75) is 22.3 Å². The quantitative estimate of drug-likeness (QED) is 0.827. The molecule has 0 radical (unpaired) electrons. The second-order valence-electron chi connectivity index (χ2n) is 5.02. The molecule has 8 heteroatoms. The van der Waals surface area contributed by atoms with E-state index in [2.05, 4.69) is 4.72 Å². The predicted molar refractivity (Wildman–Crippen MR) is 91.3 cm³/mol. The normalized spacial score (nSPS) is 17.8. The highest BCUT2D eigenvalue weighted by atomic mass is 35.5. The number of benzene rings is 2. The lowest BCUT2D eigenvalue weighted by Gasteiger charge is -2.26. The van der Waals surface area contributed by atoms with Crippen LogP contribution < -0.4 is 4.72 Å². The van der Waals surface area contributed by atoms with Crippen molar-refractivity contribution >= 4 is 45.0 Å². The molecule has 1 aliphatic heterocycles. The van der Waals surface area contributed by atoms with Crippen LogP contribution in [0.25, 0.3) is 0 Å². The maximum atomic E-state index is 13.9. The van der Waals surface area contributed by atoms with Crippen LogP contribution in [0.2, 0.25) is 10.0 Å². The van der Waals surface area contributed by atoms with E-state index in [-0.39, 0.29) is 20.8 Å². The summed E-state index contributed by atoms with van der Waals surface area (Å²) in [6.07, 6.45) is 0.568. The Hall–Kier alpha value is -0.790. The molecule has 0 aromatic heterocycles. The largest absolute Gasteiger partial charge is 0.242 e. The van der Waals surface area contributed by atoms with Gasteiger partial charge in [-0.05, 0) is 35.9 Å². The molecule has 2 aromatic rings. The number of halogens is 3. The molecule has 0 fully saturated rings. The van der Waals surface area contributed by atoms with E-state index in [0.29, 0.717) is 22.6 Å². The van der Waals surface area contributed by atoms with E-state index < -0.39 is 16.1 Å². The summed E-state index contributed by atoms with van der Waals surface area (Å²) in [7, 11) is -3.87. The molecule has 1 N–H and O–H groups in total. The van der Waals surface area contributed by atoms with Crippen LogP contribution in [-0.4, -0.2) is 14.2 Å². The minimum atomic E-state index is -3.87. The zero-order chi connectivity index (χ0) is 16.6. The van der Waals surface area contributed by atoms with Gasteiger partial charge in [0, 0.05) is 10.9 Å². The third-order valence-corrected chi connectivity index (χ3v) is 7.13. The molecule has 0 spiro atoms. The highest BCUT2D eigenvalue weighted by Crippen LogP contribution is 2.39. The summed E-state index contributed by atoms with van der Waals surface area (Å²) >= 11 is 13.3. The van der Waals surface area contributed by atoms with E-state index in [1.54, 1.807) is 12.1 Å². The first kappa shape index (κ1) is 17.0. The first-order valence-electron chi connectivity index (χ1n) is 6.77. The maximum absolute atomic E-state index is 13.9. The average molecular weight is 392 g/mol. The van der Waals surface area contributed by atoms with Gasteiger partial charge in [0.25, 0.3) is 0 Å². The van der Waals surface area contributed by atoms with E-state index in [1.165, 1.54) is 36.0 Å². The molecule has 0 saturated heterocycles. The summed E-state index contributed by atoms with van der Waals surface area (Å²) in [5, 5.41) is 0.145. The zero-order valence-corrected chi connectivity index (χ0v) is 14.9. The molecule has 0 bridgehead atoms. The Morgan fingerprint density at radius 2 is 1.91 bits per heavy atom. The van der Waals surface area contributed by atoms with Gasteiger partial charge in [0.1, 0.15) is 10.7 Å². The van der Waals surface area contributed by atoms with Gasteiger partial charge in [-0.1, -0.05) is 41.4 Å². The summed E-state index contributed by atoms with van der Waals surface area (Å²) < 4.78 is 41.7. The number of sulfonamides is 1. The summed E-state index contributed by atoms with van der Waals surface area (Å²) in [6.45, 7) is 0. The number of fused-ring (bicyclic) bond motifs is 1. The number of nitrogens with one attached hydrogen (secondary N) is 1. The van der Waals surface area contributed by atoms with Gasteiger partial charge in [0.2, 0.25) is 10.0 Å². The molecule has 23 heavy (non-hydrogen) atoms. The van der Waals surface area contributed by atoms with E-state index >= 15 is 0 Å². The lowest BCUT2D eigenvalue weighted by Crippen LogP contribution is -2.31. The topological polar surface area (TPSA) is 46.2 Å². The number of hydrogen-bond donors (Lipinski definition) is 1. The minimum absolute atomic E-state index is 0.0219. The molecule has 122 valence electrons. The van der Waals surface area contributed by atoms with Crippen LogP contribution >= 0.6 is 35.0 Å². The Morgan fingerprint density at radius 1 is 1.17 bits per heavy atom. The van der Waals surface area contributed by atoms with Crippen molar-refractivity contribution in [3.63, 3.8) is 0 Å². The second kappa shape index (κ2) is 6.61. The van der Waals surface area contributed by atoms with E-state index in [4.69, 9.17) is 23.2 Å². The van der Waals surface area contributed by atoms with Crippen LogP contribution in [0.5, 0.6) is 0 Å². The number of thioether (sulfide) groups is 1. The van der Waals surface area contributed by atoms with Crippen molar-refractivity contribution in [3.8, 4) is 0 Å². The van der Waals surface area contributed by atoms with E-state index in [1.807, 2.05) is 0 Å². The van der Waals surface area contributed by atoms with Crippen LogP contribution in [0.3, 0.4) is 0 Å². The minimum Gasteiger partial charge on any atom is -0.207 e. The second-order valence-corrected chi connectivity index (χ2v) is 8.59. The molecule has 3 rings (SSSR count). The zero-order valence-electron chi connectivity index (χ0n) is 11.7. The molecule has 1 atom stereocenters. The fourth-order valence-electron chi connectivity index (χ4n) is 2.45. The first-order chi connectivity index (χ1) is 10.9. The molecule has 0 unspecified atom stereocenters. The Bertz CT molecular complexity index is 859. The van der Waals surface area contributed by atoms with Crippen molar-refractivity contribution in [1.29, 1.82) is 0 Å². The third-order valence-electron chi connectivity index (χ3n) is 3.53. The Morgan fingerprint density at radius 3 is 2.70 bits per heavy atom. The fourth-order valence-corrected chi connectivity index (χ4v) is 5.60. The summed E-state index contributed by atoms with van der Waals surface area (Å²) in [5.41, 5.74) is 0.642. The summed E-state index contributed by atoms with van der Waals surface area (Å²) in [4.78, 5) is 0.409. The fraction of sp³-hybridized carbons (Fsp3) is 0.200. The van der Waals surface area contributed by atoms with Gasteiger partial charge in [0.15, 0.2) is 0 Å². The molecule has 0 saturated carbocycles. The highest BCUT2D eigenvalue weighted by Gasteiger charge is 2.29.